The van der Waals surface area contributed by atoms with Crippen LogP contribution in [0.25, 0.3) is 0 Å². The molecule has 0 radical (unpaired) electrons. The molecule has 1 aliphatic rings. The molecule has 1 rings (SSSR count). The van der Waals surface area contributed by atoms with E-state index in [0.717, 1.165) is 38.3 Å². The molecule has 1 heterocycles. The standard InChI is InChI=1S/C16H31N3O2/c1-6-18(11-13(2)3)16(21)15(5)19-9-7-17(8-10-19)12-14(4)20/h14-15,20H,2,6-12H2,1,3-5H3/t14-,15-/m0/s1. The van der Waals surface area contributed by atoms with Crippen molar-refractivity contribution < 1.29 is 9.90 Å². The molecule has 1 amide bonds. The normalized spacial score (nSPS) is 20.0. The number of carbonyl (C=O) groups is 1. The molecule has 5 nitrogen and oxygen atoms in total. The van der Waals surface area contributed by atoms with Gasteiger partial charge in [0.2, 0.25) is 5.91 Å². The van der Waals surface area contributed by atoms with Crippen molar-refractivity contribution in [2.45, 2.75) is 39.8 Å². The molecular formula is C16H31N3O2. The van der Waals surface area contributed by atoms with Crippen LogP contribution in [0, 0.1) is 0 Å². The van der Waals surface area contributed by atoms with E-state index in [1.807, 2.05) is 32.6 Å². The monoisotopic (exact) mass is 297 g/mol. The Morgan fingerprint density at radius 2 is 1.86 bits per heavy atom. The number of amides is 1. The summed E-state index contributed by atoms with van der Waals surface area (Å²) in [5.74, 6) is 0.185. The molecule has 0 unspecified atom stereocenters. The molecule has 21 heavy (non-hydrogen) atoms. The van der Waals surface area contributed by atoms with Gasteiger partial charge in [-0.15, -0.1) is 0 Å². The number of hydrogen-bond donors (Lipinski definition) is 1. The predicted molar refractivity (Wildman–Crippen MR) is 86.2 cm³/mol. The molecule has 5 heteroatoms. The van der Waals surface area contributed by atoms with E-state index in [9.17, 15) is 9.90 Å². The Kier molecular flexibility index (Phi) is 7.35. The van der Waals surface area contributed by atoms with E-state index >= 15 is 0 Å². The highest BCUT2D eigenvalue weighted by Crippen LogP contribution is 2.10. The number of piperazine rings is 1. The van der Waals surface area contributed by atoms with Crippen LogP contribution < -0.4 is 0 Å². The lowest BCUT2D eigenvalue weighted by Crippen LogP contribution is -2.55. The maximum Gasteiger partial charge on any atom is 0.239 e. The molecule has 1 fully saturated rings. The molecule has 0 bridgehead atoms. The smallest absolute Gasteiger partial charge is 0.239 e. The summed E-state index contributed by atoms with van der Waals surface area (Å²) in [5.41, 5.74) is 1.01. The highest BCUT2D eigenvalue weighted by Gasteiger charge is 2.28. The lowest BCUT2D eigenvalue weighted by molar-refractivity contribution is -0.136. The van der Waals surface area contributed by atoms with Crippen LogP contribution in [0.5, 0.6) is 0 Å². The minimum Gasteiger partial charge on any atom is -0.392 e. The zero-order valence-electron chi connectivity index (χ0n) is 14.0. The van der Waals surface area contributed by atoms with Gasteiger partial charge in [-0.05, 0) is 27.7 Å². The Morgan fingerprint density at radius 1 is 1.29 bits per heavy atom. The minimum absolute atomic E-state index is 0.0852. The Balaban J connectivity index is 2.50. The highest BCUT2D eigenvalue weighted by atomic mass is 16.3. The van der Waals surface area contributed by atoms with Gasteiger partial charge >= 0.3 is 0 Å². The molecule has 122 valence electrons. The van der Waals surface area contributed by atoms with Gasteiger partial charge in [-0.2, -0.15) is 0 Å². The molecule has 0 aromatic carbocycles. The molecule has 1 N–H and O–H groups in total. The Morgan fingerprint density at radius 3 is 2.29 bits per heavy atom. The van der Waals surface area contributed by atoms with Crippen LogP contribution in [0.3, 0.4) is 0 Å². The maximum atomic E-state index is 12.6. The first kappa shape index (κ1) is 18.1. The molecule has 0 spiro atoms. The largest absolute Gasteiger partial charge is 0.392 e. The van der Waals surface area contributed by atoms with Crippen LogP contribution in [-0.4, -0.2) is 83.7 Å². The zero-order chi connectivity index (χ0) is 16.0. The topological polar surface area (TPSA) is 47.0 Å². The molecule has 0 aromatic heterocycles. The van der Waals surface area contributed by atoms with Crippen molar-refractivity contribution in [3.63, 3.8) is 0 Å². The van der Waals surface area contributed by atoms with Crippen LogP contribution in [0.4, 0.5) is 0 Å². The summed E-state index contributed by atoms with van der Waals surface area (Å²) in [7, 11) is 0. The number of carbonyl (C=O) groups excluding carboxylic acids is 1. The molecule has 0 aromatic rings. The first-order chi connectivity index (χ1) is 9.85. The van der Waals surface area contributed by atoms with Crippen molar-refractivity contribution in [2.75, 3.05) is 45.8 Å². The van der Waals surface area contributed by atoms with Crippen molar-refractivity contribution in [3.8, 4) is 0 Å². The lowest BCUT2D eigenvalue weighted by atomic mass is 10.2. The average molecular weight is 297 g/mol. The molecule has 1 aliphatic heterocycles. The van der Waals surface area contributed by atoms with Crippen molar-refractivity contribution >= 4 is 5.91 Å². The van der Waals surface area contributed by atoms with Gasteiger partial charge in [-0.25, -0.2) is 0 Å². The maximum absolute atomic E-state index is 12.6. The van der Waals surface area contributed by atoms with E-state index in [0.29, 0.717) is 13.1 Å². The third-order valence-electron chi connectivity index (χ3n) is 3.99. The summed E-state index contributed by atoms with van der Waals surface area (Å²) in [5, 5.41) is 9.43. The van der Waals surface area contributed by atoms with E-state index in [4.69, 9.17) is 0 Å². The molecule has 0 saturated carbocycles. The van der Waals surface area contributed by atoms with Gasteiger partial charge in [0.05, 0.1) is 12.1 Å². The summed E-state index contributed by atoms with van der Waals surface area (Å²) in [6, 6.07) is -0.0852. The van der Waals surface area contributed by atoms with E-state index in [1.54, 1.807) is 0 Å². The quantitative estimate of drug-likeness (QED) is 0.706. The second kappa shape index (κ2) is 8.51. The Hall–Kier alpha value is -0.910. The van der Waals surface area contributed by atoms with Gasteiger partial charge in [-0.1, -0.05) is 12.2 Å². The fourth-order valence-corrected chi connectivity index (χ4v) is 2.80. The van der Waals surface area contributed by atoms with Gasteiger partial charge in [-0.3, -0.25) is 14.6 Å². The second-order valence-corrected chi connectivity index (χ2v) is 6.17. The molecule has 0 aliphatic carbocycles. The third kappa shape index (κ3) is 5.77. The molecular weight excluding hydrogens is 266 g/mol. The predicted octanol–water partition coefficient (Wildman–Crippen LogP) is 0.798. The molecule has 2 atom stereocenters. The number of aliphatic hydroxyl groups excluding tert-OH is 1. The summed E-state index contributed by atoms with van der Waals surface area (Å²) < 4.78 is 0. The second-order valence-electron chi connectivity index (χ2n) is 6.17. The van der Waals surface area contributed by atoms with E-state index in [1.165, 1.54) is 0 Å². The number of likely N-dealkylation sites (N-methyl/N-ethyl adjacent to an activating group) is 1. The van der Waals surface area contributed by atoms with Gasteiger partial charge in [0.15, 0.2) is 0 Å². The Labute approximate surface area is 129 Å². The summed E-state index contributed by atoms with van der Waals surface area (Å²) in [6.07, 6.45) is -0.290. The van der Waals surface area contributed by atoms with Gasteiger partial charge < -0.3 is 10.0 Å². The number of nitrogens with zero attached hydrogens (tertiary/aromatic N) is 3. The van der Waals surface area contributed by atoms with Crippen LogP contribution in [0.2, 0.25) is 0 Å². The van der Waals surface area contributed by atoms with E-state index in [2.05, 4.69) is 16.4 Å². The van der Waals surface area contributed by atoms with Gasteiger partial charge in [0, 0.05) is 45.8 Å². The van der Waals surface area contributed by atoms with Gasteiger partial charge in [0.1, 0.15) is 0 Å². The van der Waals surface area contributed by atoms with Gasteiger partial charge in [0.25, 0.3) is 0 Å². The first-order valence-corrected chi connectivity index (χ1v) is 7.92. The fourth-order valence-electron chi connectivity index (χ4n) is 2.80. The highest BCUT2D eigenvalue weighted by molar-refractivity contribution is 5.81. The van der Waals surface area contributed by atoms with Crippen LogP contribution in [0.1, 0.15) is 27.7 Å². The van der Waals surface area contributed by atoms with E-state index in [-0.39, 0.29) is 18.1 Å². The van der Waals surface area contributed by atoms with Crippen molar-refractivity contribution in [3.05, 3.63) is 12.2 Å². The summed E-state index contributed by atoms with van der Waals surface area (Å²) >= 11 is 0. The minimum atomic E-state index is -0.290. The van der Waals surface area contributed by atoms with Crippen molar-refractivity contribution in [2.24, 2.45) is 0 Å². The molecule has 1 saturated heterocycles. The fraction of sp³-hybridized carbons (Fsp3) is 0.812. The van der Waals surface area contributed by atoms with Crippen molar-refractivity contribution in [1.82, 2.24) is 14.7 Å². The van der Waals surface area contributed by atoms with E-state index < -0.39 is 0 Å². The van der Waals surface area contributed by atoms with Crippen molar-refractivity contribution in [1.29, 1.82) is 0 Å². The number of β-amino-alcohol motifs (C(OH)–C–C–N with tert-alkyl or cyclic N) is 1. The number of hydrogen-bond acceptors (Lipinski definition) is 4. The van der Waals surface area contributed by atoms with Crippen LogP contribution in [-0.2, 0) is 4.79 Å². The lowest BCUT2D eigenvalue weighted by Gasteiger charge is -2.39. The first-order valence-electron chi connectivity index (χ1n) is 7.92. The Bertz CT molecular complexity index is 349. The van der Waals surface area contributed by atoms with Crippen LogP contribution >= 0.6 is 0 Å². The zero-order valence-corrected chi connectivity index (χ0v) is 14.0. The number of aliphatic hydroxyl groups is 1. The summed E-state index contributed by atoms with van der Waals surface area (Å²) in [6.45, 7) is 17.3. The SMILES string of the molecule is C=C(C)CN(CC)C(=O)[C@H](C)N1CCN(C[C@H](C)O)CC1. The third-order valence-corrected chi connectivity index (χ3v) is 3.99. The summed E-state index contributed by atoms with van der Waals surface area (Å²) in [4.78, 5) is 18.9. The average Bonchev–Trinajstić information content (AvgIpc) is 2.43. The van der Waals surface area contributed by atoms with Crippen LogP contribution in [0.15, 0.2) is 12.2 Å². The number of rotatable bonds is 7.